The highest BCUT2D eigenvalue weighted by Crippen LogP contribution is 2.37. The summed E-state index contributed by atoms with van der Waals surface area (Å²) >= 11 is 3.51. The summed E-state index contributed by atoms with van der Waals surface area (Å²) in [4.78, 5) is 12.1. The molecule has 1 aromatic carbocycles. The quantitative estimate of drug-likeness (QED) is 0.782. The second-order valence-electron chi connectivity index (χ2n) is 5.31. The topological polar surface area (TPSA) is 61.4 Å². The first kappa shape index (κ1) is 13.1. The van der Waals surface area contributed by atoms with Crippen molar-refractivity contribution in [2.24, 2.45) is 0 Å². The van der Waals surface area contributed by atoms with Crippen LogP contribution < -0.4 is 10.6 Å². The number of hydrogen-bond acceptors (Lipinski definition) is 3. The Morgan fingerprint density at radius 1 is 1.37 bits per heavy atom. The predicted octanol–water partition coefficient (Wildman–Crippen LogP) is 2.34. The van der Waals surface area contributed by atoms with Crippen molar-refractivity contribution >= 4 is 27.5 Å². The smallest absolute Gasteiger partial charge is 0.246 e. The third-order valence-electron chi connectivity index (χ3n) is 3.91. The maximum Gasteiger partial charge on any atom is 0.246 e. The molecule has 3 rings (SSSR count). The van der Waals surface area contributed by atoms with Crippen LogP contribution in [0.5, 0.6) is 0 Å². The van der Waals surface area contributed by atoms with Crippen LogP contribution in [0, 0.1) is 0 Å². The molecule has 1 fully saturated rings. The molecule has 1 aliphatic heterocycles. The lowest BCUT2D eigenvalue weighted by atomic mass is 9.92. The summed E-state index contributed by atoms with van der Waals surface area (Å²) in [7, 11) is 0. The number of amides is 1. The van der Waals surface area contributed by atoms with Gasteiger partial charge in [-0.2, -0.15) is 0 Å². The third-order valence-corrected chi connectivity index (χ3v) is 4.60. The number of rotatable bonds is 2. The van der Waals surface area contributed by atoms with Crippen molar-refractivity contribution in [3.05, 3.63) is 28.2 Å². The lowest BCUT2D eigenvalue weighted by molar-refractivity contribution is -0.118. The minimum atomic E-state index is -0.319. The Morgan fingerprint density at radius 2 is 2.21 bits per heavy atom. The van der Waals surface area contributed by atoms with E-state index in [1.807, 2.05) is 18.2 Å². The molecule has 0 aromatic heterocycles. The molecule has 1 heterocycles. The van der Waals surface area contributed by atoms with E-state index in [4.69, 9.17) is 0 Å². The molecular weight excluding hydrogens is 308 g/mol. The van der Waals surface area contributed by atoms with Gasteiger partial charge in [0.1, 0.15) is 6.04 Å². The minimum absolute atomic E-state index is 0.0121. The number of carbonyl (C=O) groups is 1. The lowest BCUT2D eigenvalue weighted by Crippen LogP contribution is -2.40. The molecule has 4 nitrogen and oxygen atoms in total. The fourth-order valence-corrected chi connectivity index (χ4v) is 3.58. The summed E-state index contributed by atoms with van der Waals surface area (Å²) in [5, 5.41) is 16.0. The average molecular weight is 325 g/mol. The van der Waals surface area contributed by atoms with E-state index in [9.17, 15) is 9.90 Å². The molecule has 5 heteroatoms. The highest BCUT2D eigenvalue weighted by molar-refractivity contribution is 9.10. The van der Waals surface area contributed by atoms with Crippen molar-refractivity contribution in [2.45, 2.75) is 43.9 Å². The summed E-state index contributed by atoms with van der Waals surface area (Å²) < 4.78 is 0.942. The summed E-state index contributed by atoms with van der Waals surface area (Å²) in [6, 6.07) is 5.66. The number of halogens is 1. The zero-order valence-electron chi connectivity index (χ0n) is 10.5. The number of aliphatic hydroxyl groups excluding tert-OH is 1. The van der Waals surface area contributed by atoms with Gasteiger partial charge in [-0.05, 0) is 37.8 Å². The van der Waals surface area contributed by atoms with Crippen LogP contribution in [-0.2, 0) is 4.79 Å². The molecule has 102 valence electrons. The second kappa shape index (κ2) is 5.23. The highest BCUT2D eigenvalue weighted by atomic mass is 79.9. The Labute approximate surface area is 120 Å². The Bertz CT molecular complexity index is 506. The molecule has 1 aromatic rings. The van der Waals surface area contributed by atoms with Gasteiger partial charge in [-0.1, -0.05) is 22.0 Å². The van der Waals surface area contributed by atoms with Crippen molar-refractivity contribution in [1.29, 1.82) is 0 Å². The molecule has 3 N–H and O–H groups in total. The van der Waals surface area contributed by atoms with Crippen LogP contribution in [0.3, 0.4) is 0 Å². The van der Waals surface area contributed by atoms with Gasteiger partial charge in [-0.25, -0.2) is 0 Å². The van der Waals surface area contributed by atoms with Crippen LogP contribution in [-0.4, -0.2) is 23.2 Å². The van der Waals surface area contributed by atoms with Crippen molar-refractivity contribution in [3.63, 3.8) is 0 Å². The molecule has 0 saturated heterocycles. The molecule has 1 amide bonds. The number of benzene rings is 1. The van der Waals surface area contributed by atoms with Crippen molar-refractivity contribution < 1.29 is 9.90 Å². The molecule has 3 atom stereocenters. The summed E-state index contributed by atoms with van der Waals surface area (Å²) in [6.45, 7) is 0. The maximum atomic E-state index is 12.1. The van der Waals surface area contributed by atoms with E-state index in [0.717, 1.165) is 41.4 Å². The molecule has 0 spiro atoms. The fraction of sp³-hybridized carbons (Fsp3) is 0.500. The van der Waals surface area contributed by atoms with Crippen molar-refractivity contribution in [1.82, 2.24) is 5.32 Å². The van der Waals surface area contributed by atoms with Crippen molar-refractivity contribution in [3.8, 4) is 0 Å². The largest absolute Gasteiger partial charge is 0.393 e. The third kappa shape index (κ3) is 2.55. The predicted molar refractivity (Wildman–Crippen MR) is 76.9 cm³/mol. The number of carbonyl (C=O) groups excluding carboxylic acids is 1. The summed E-state index contributed by atoms with van der Waals surface area (Å²) in [6.07, 6.45) is 3.38. The van der Waals surface area contributed by atoms with E-state index in [0.29, 0.717) is 0 Å². The first-order chi connectivity index (χ1) is 9.15. The van der Waals surface area contributed by atoms with Crippen LogP contribution in [0.1, 0.15) is 37.3 Å². The summed E-state index contributed by atoms with van der Waals surface area (Å²) in [5.74, 6) is -0.0121. The molecule has 19 heavy (non-hydrogen) atoms. The Balaban J connectivity index is 1.80. The highest BCUT2D eigenvalue weighted by Gasteiger charge is 2.34. The maximum absolute atomic E-state index is 12.1. The van der Waals surface area contributed by atoms with Crippen LogP contribution in [0.2, 0.25) is 0 Å². The van der Waals surface area contributed by atoms with Gasteiger partial charge in [0.05, 0.1) is 6.10 Å². The van der Waals surface area contributed by atoms with Gasteiger partial charge >= 0.3 is 0 Å². The first-order valence-corrected chi connectivity index (χ1v) is 7.48. The average Bonchev–Trinajstić information content (AvgIpc) is 2.67. The van der Waals surface area contributed by atoms with E-state index in [-0.39, 0.29) is 24.1 Å². The molecule has 0 radical (unpaired) electrons. The van der Waals surface area contributed by atoms with Gasteiger partial charge in [-0.15, -0.1) is 0 Å². The Hall–Kier alpha value is -0.910. The SMILES string of the molecule is O=C1Nc2cccc(Br)c2C1NC1CCCC(O)C1. The number of nitrogens with one attached hydrogen (secondary N) is 2. The van der Waals surface area contributed by atoms with Crippen LogP contribution in [0.25, 0.3) is 0 Å². The van der Waals surface area contributed by atoms with Gasteiger partial charge in [-0.3, -0.25) is 10.1 Å². The molecule has 2 aliphatic rings. The van der Waals surface area contributed by atoms with Gasteiger partial charge in [0.25, 0.3) is 0 Å². The van der Waals surface area contributed by atoms with E-state index >= 15 is 0 Å². The first-order valence-electron chi connectivity index (χ1n) is 6.68. The van der Waals surface area contributed by atoms with Gasteiger partial charge in [0, 0.05) is 21.8 Å². The normalized spacial score (nSPS) is 30.0. The zero-order valence-corrected chi connectivity index (χ0v) is 12.1. The van der Waals surface area contributed by atoms with Crippen LogP contribution in [0.4, 0.5) is 5.69 Å². The number of aliphatic hydroxyl groups is 1. The molecule has 1 saturated carbocycles. The molecule has 0 bridgehead atoms. The summed E-state index contributed by atoms with van der Waals surface area (Å²) in [5.41, 5.74) is 1.85. The van der Waals surface area contributed by atoms with E-state index < -0.39 is 0 Å². The van der Waals surface area contributed by atoms with Crippen LogP contribution in [0.15, 0.2) is 22.7 Å². The van der Waals surface area contributed by atoms with Gasteiger partial charge < -0.3 is 10.4 Å². The molecule has 1 aliphatic carbocycles. The van der Waals surface area contributed by atoms with Gasteiger partial charge in [0.2, 0.25) is 5.91 Å². The number of fused-ring (bicyclic) bond motifs is 1. The Kier molecular flexibility index (Phi) is 3.60. The fourth-order valence-electron chi connectivity index (χ4n) is 2.99. The minimum Gasteiger partial charge on any atom is -0.393 e. The Morgan fingerprint density at radius 3 is 3.00 bits per heavy atom. The molecule has 3 unspecified atom stereocenters. The van der Waals surface area contributed by atoms with E-state index in [2.05, 4.69) is 26.6 Å². The van der Waals surface area contributed by atoms with Gasteiger partial charge in [0.15, 0.2) is 0 Å². The number of hydrogen-bond donors (Lipinski definition) is 3. The van der Waals surface area contributed by atoms with E-state index in [1.54, 1.807) is 0 Å². The standard InChI is InChI=1S/C14H17BrN2O2/c15-10-5-2-6-11-12(10)13(14(19)17-11)16-8-3-1-4-9(18)7-8/h2,5-6,8-9,13,16,18H,1,3-4,7H2,(H,17,19). The molecular formula is C14H17BrN2O2. The zero-order chi connectivity index (χ0) is 13.4. The van der Waals surface area contributed by atoms with Crippen molar-refractivity contribution in [2.75, 3.05) is 5.32 Å². The van der Waals surface area contributed by atoms with Crippen LogP contribution >= 0.6 is 15.9 Å². The monoisotopic (exact) mass is 324 g/mol. The van der Waals surface area contributed by atoms with E-state index in [1.165, 1.54) is 0 Å². The lowest BCUT2D eigenvalue weighted by Gasteiger charge is -2.29. The number of anilines is 1. The second-order valence-corrected chi connectivity index (χ2v) is 6.16.